The quantitative estimate of drug-likeness (QED) is 0.376. The Morgan fingerprint density at radius 2 is 1.81 bits per heavy atom. The first-order chi connectivity index (χ1) is 12.1. The van der Waals surface area contributed by atoms with Crippen LogP contribution in [0.3, 0.4) is 0 Å². The first-order valence-electron chi connectivity index (χ1n) is 8.14. The number of ether oxygens (including phenoxy) is 1. The molecule has 0 aromatic heterocycles. The summed E-state index contributed by atoms with van der Waals surface area (Å²) < 4.78 is 33.2. The van der Waals surface area contributed by atoms with Crippen LogP contribution in [-0.4, -0.2) is 19.6 Å². The second-order valence-corrected chi connectivity index (χ2v) is 6.29. The number of hydrogen-bond donors (Lipinski definition) is 2. The molecule has 1 aliphatic rings. The maximum absolute atomic E-state index is 14.0. The Morgan fingerprint density at radius 3 is 2.42 bits per heavy atom. The predicted octanol–water partition coefficient (Wildman–Crippen LogP) is 4.19. The number of halogens is 3. The van der Waals surface area contributed by atoms with Crippen LogP contribution in [0.5, 0.6) is 0 Å². The number of nitrogens with zero attached hydrogens (tertiary/aromatic N) is 1. The molecule has 0 heterocycles. The Kier molecular flexibility index (Phi) is 6.94. The zero-order valence-corrected chi connectivity index (χ0v) is 16.8. The largest absolute Gasteiger partial charge is 0.380 e. The lowest BCUT2D eigenvalue weighted by molar-refractivity contribution is 0.185. The van der Waals surface area contributed by atoms with Crippen molar-refractivity contribution in [2.45, 2.75) is 24.9 Å². The molecule has 0 aliphatic heterocycles. The van der Waals surface area contributed by atoms with Crippen molar-refractivity contribution < 1.29 is 13.5 Å². The molecule has 2 aromatic rings. The van der Waals surface area contributed by atoms with Gasteiger partial charge in [0.2, 0.25) is 0 Å². The van der Waals surface area contributed by atoms with Crippen molar-refractivity contribution in [3.63, 3.8) is 0 Å². The number of guanidine groups is 1. The molecule has 0 amide bonds. The van der Waals surface area contributed by atoms with Crippen LogP contribution in [0.2, 0.25) is 0 Å². The third-order valence-corrected chi connectivity index (χ3v) is 4.48. The van der Waals surface area contributed by atoms with E-state index in [4.69, 9.17) is 10.5 Å². The van der Waals surface area contributed by atoms with Crippen LogP contribution in [0.1, 0.15) is 24.0 Å². The van der Waals surface area contributed by atoms with E-state index < -0.39 is 17.0 Å². The van der Waals surface area contributed by atoms with Gasteiger partial charge in [-0.25, -0.2) is 8.78 Å². The molecule has 0 bridgehead atoms. The van der Waals surface area contributed by atoms with Crippen molar-refractivity contribution >= 4 is 35.6 Å². The van der Waals surface area contributed by atoms with Gasteiger partial charge in [0.1, 0.15) is 11.6 Å². The summed E-state index contributed by atoms with van der Waals surface area (Å²) in [5.41, 5.74) is 7.25. The fourth-order valence-electron chi connectivity index (χ4n) is 2.98. The van der Waals surface area contributed by atoms with Crippen LogP contribution in [0.4, 0.5) is 14.5 Å². The van der Waals surface area contributed by atoms with Gasteiger partial charge in [-0.3, -0.25) is 4.99 Å². The standard InChI is InChI=1S/C19H21F2N3O.HI/c1-25-11-13-5-2-3-8-16(13)24-18(22)23-12-19(9-10-19)17-14(20)6-4-7-15(17)21;/h2-8H,9-12H2,1H3,(H3,22,23,24);1H. The third-order valence-electron chi connectivity index (χ3n) is 4.48. The molecule has 3 N–H and O–H groups in total. The highest BCUT2D eigenvalue weighted by Crippen LogP contribution is 2.50. The lowest BCUT2D eigenvalue weighted by atomic mass is 9.95. The van der Waals surface area contributed by atoms with Crippen LogP contribution in [0.15, 0.2) is 47.5 Å². The Morgan fingerprint density at radius 1 is 1.15 bits per heavy atom. The van der Waals surface area contributed by atoms with Gasteiger partial charge >= 0.3 is 0 Å². The lowest BCUT2D eigenvalue weighted by Gasteiger charge is -2.16. The minimum atomic E-state index is -0.590. The van der Waals surface area contributed by atoms with Crippen molar-refractivity contribution in [3.8, 4) is 0 Å². The fourth-order valence-corrected chi connectivity index (χ4v) is 2.98. The molecule has 1 aliphatic carbocycles. The van der Waals surface area contributed by atoms with E-state index in [-0.39, 0.29) is 42.0 Å². The Balaban J connectivity index is 0.00000243. The molecule has 4 nitrogen and oxygen atoms in total. The van der Waals surface area contributed by atoms with Gasteiger partial charge in [0, 0.05) is 29.3 Å². The zero-order valence-electron chi connectivity index (χ0n) is 14.5. The maximum Gasteiger partial charge on any atom is 0.193 e. The van der Waals surface area contributed by atoms with Crippen LogP contribution < -0.4 is 11.1 Å². The average molecular weight is 473 g/mol. The van der Waals surface area contributed by atoms with Gasteiger partial charge in [0.25, 0.3) is 0 Å². The monoisotopic (exact) mass is 473 g/mol. The van der Waals surface area contributed by atoms with E-state index in [1.54, 1.807) is 7.11 Å². The highest BCUT2D eigenvalue weighted by Gasteiger charge is 2.47. The molecule has 1 saturated carbocycles. The molecular formula is C19H22F2IN3O. The second kappa shape index (κ2) is 8.77. The van der Waals surface area contributed by atoms with Crippen molar-refractivity contribution in [3.05, 3.63) is 65.2 Å². The smallest absolute Gasteiger partial charge is 0.193 e. The first-order valence-corrected chi connectivity index (χ1v) is 8.14. The summed E-state index contributed by atoms with van der Waals surface area (Å²) in [4.78, 5) is 4.32. The van der Waals surface area contributed by atoms with Crippen molar-refractivity contribution in [1.29, 1.82) is 0 Å². The van der Waals surface area contributed by atoms with Gasteiger partial charge in [0.15, 0.2) is 5.96 Å². The number of nitrogens with two attached hydrogens (primary N) is 1. The van der Waals surface area contributed by atoms with Gasteiger partial charge in [-0.1, -0.05) is 24.3 Å². The molecule has 0 radical (unpaired) electrons. The van der Waals surface area contributed by atoms with E-state index in [1.807, 2.05) is 24.3 Å². The number of nitrogens with one attached hydrogen (secondary N) is 1. The van der Waals surface area contributed by atoms with E-state index in [0.717, 1.165) is 11.3 Å². The van der Waals surface area contributed by atoms with E-state index in [2.05, 4.69) is 10.3 Å². The zero-order chi connectivity index (χ0) is 17.9. The van der Waals surface area contributed by atoms with Crippen LogP contribution >= 0.6 is 24.0 Å². The molecule has 7 heteroatoms. The van der Waals surface area contributed by atoms with Crippen molar-refractivity contribution in [1.82, 2.24) is 0 Å². The predicted molar refractivity (Wildman–Crippen MR) is 110 cm³/mol. The molecule has 140 valence electrons. The number of benzene rings is 2. The minimum Gasteiger partial charge on any atom is -0.380 e. The normalized spacial score (nSPS) is 15.3. The Hall–Kier alpha value is -1.74. The van der Waals surface area contributed by atoms with Crippen molar-refractivity contribution in [2.24, 2.45) is 10.7 Å². The molecule has 0 unspecified atom stereocenters. The highest BCUT2D eigenvalue weighted by atomic mass is 127. The number of aliphatic imine (C=N–C) groups is 1. The fraction of sp³-hybridized carbons (Fsp3) is 0.316. The SMILES string of the molecule is COCc1ccccc1NC(N)=NCC1(c2c(F)cccc2F)CC1.I. The first kappa shape index (κ1) is 20.6. The van der Waals surface area contributed by atoms with Gasteiger partial charge in [-0.2, -0.15) is 0 Å². The number of para-hydroxylation sites is 1. The minimum absolute atomic E-state index is 0. The number of anilines is 1. The maximum atomic E-state index is 14.0. The van der Waals surface area contributed by atoms with E-state index in [0.29, 0.717) is 19.4 Å². The summed E-state index contributed by atoms with van der Waals surface area (Å²) >= 11 is 0. The summed E-state index contributed by atoms with van der Waals surface area (Å²) in [5.74, 6) is -0.832. The summed E-state index contributed by atoms with van der Waals surface area (Å²) in [7, 11) is 1.62. The van der Waals surface area contributed by atoms with Crippen LogP contribution in [0, 0.1) is 11.6 Å². The number of rotatable bonds is 6. The van der Waals surface area contributed by atoms with E-state index >= 15 is 0 Å². The van der Waals surface area contributed by atoms with E-state index in [1.165, 1.54) is 18.2 Å². The third kappa shape index (κ3) is 4.50. The van der Waals surface area contributed by atoms with Crippen LogP contribution in [-0.2, 0) is 16.8 Å². The molecule has 0 spiro atoms. The number of hydrogen-bond acceptors (Lipinski definition) is 2. The molecule has 2 aromatic carbocycles. The molecule has 1 fully saturated rings. The van der Waals surface area contributed by atoms with Crippen LogP contribution in [0.25, 0.3) is 0 Å². The van der Waals surface area contributed by atoms with Crippen molar-refractivity contribution in [2.75, 3.05) is 19.0 Å². The summed E-state index contributed by atoms with van der Waals surface area (Å²) in [6, 6.07) is 11.5. The molecule has 0 atom stereocenters. The lowest BCUT2D eigenvalue weighted by Crippen LogP contribution is -2.26. The van der Waals surface area contributed by atoms with Gasteiger partial charge < -0.3 is 15.8 Å². The molecule has 0 saturated heterocycles. The van der Waals surface area contributed by atoms with Gasteiger partial charge in [-0.15, -0.1) is 24.0 Å². The summed E-state index contributed by atoms with van der Waals surface area (Å²) in [6.45, 7) is 0.691. The Bertz CT molecular complexity index is 774. The average Bonchev–Trinajstić information content (AvgIpc) is 3.36. The molecule has 3 rings (SSSR count). The summed E-state index contributed by atoms with van der Waals surface area (Å²) in [5, 5.41) is 3.04. The molecular weight excluding hydrogens is 451 g/mol. The topological polar surface area (TPSA) is 59.6 Å². The summed E-state index contributed by atoms with van der Waals surface area (Å²) in [6.07, 6.45) is 1.39. The Labute approximate surface area is 168 Å². The highest BCUT2D eigenvalue weighted by molar-refractivity contribution is 14.0. The number of methoxy groups -OCH3 is 1. The second-order valence-electron chi connectivity index (χ2n) is 6.29. The molecule has 26 heavy (non-hydrogen) atoms. The van der Waals surface area contributed by atoms with Gasteiger partial charge in [0.05, 0.1) is 13.2 Å². The van der Waals surface area contributed by atoms with Gasteiger partial charge in [-0.05, 0) is 31.0 Å². The van der Waals surface area contributed by atoms with E-state index in [9.17, 15) is 8.78 Å².